The summed E-state index contributed by atoms with van der Waals surface area (Å²) in [6.45, 7) is 11.6. The number of rotatable bonds is 34. The third-order valence-corrected chi connectivity index (χ3v) is 9.50. The summed E-state index contributed by atoms with van der Waals surface area (Å²) in [5.41, 5.74) is 0. The molecule has 235 valence electrons. The summed E-state index contributed by atoms with van der Waals surface area (Å²) in [5.74, 6) is 1.51. The second-order valence-corrected chi connectivity index (χ2v) is 13.6. The lowest BCUT2D eigenvalue weighted by molar-refractivity contribution is 0.350. The van der Waals surface area contributed by atoms with Gasteiger partial charge >= 0.3 is 0 Å². The largest absolute Gasteiger partial charge is 0.0654 e. The average Bonchev–Trinajstić information content (AvgIpc) is 2.94. The van der Waals surface area contributed by atoms with Gasteiger partial charge in [0, 0.05) is 0 Å². The molecule has 0 saturated carbocycles. The zero-order chi connectivity index (χ0) is 28.5. The summed E-state index contributed by atoms with van der Waals surface area (Å²) < 4.78 is 0. The molecule has 0 aliphatic carbocycles. The van der Waals surface area contributed by atoms with Crippen LogP contribution in [-0.2, 0) is 0 Å². The van der Waals surface area contributed by atoms with Gasteiger partial charge in [0.25, 0.3) is 0 Å². The Morgan fingerprint density at radius 1 is 0.308 bits per heavy atom. The van der Waals surface area contributed by atoms with Crippen molar-refractivity contribution in [3.05, 3.63) is 6.92 Å². The number of unbranched alkanes of at least 4 members (excludes halogenated alkanes) is 29. The first kappa shape index (κ1) is 39.0. The molecular formula is C39H79. The van der Waals surface area contributed by atoms with Gasteiger partial charge < -0.3 is 0 Å². The third kappa shape index (κ3) is 32.4. The fourth-order valence-electron chi connectivity index (χ4n) is 6.31. The van der Waals surface area contributed by atoms with Gasteiger partial charge in [0.2, 0.25) is 0 Å². The van der Waals surface area contributed by atoms with Crippen LogP contribution in [0.5, 0.6) is 0 Å². The van der Waals surface area contributed by atoms with Crippen molar-refractivity contribution in [2.45, 2.75) is 233 Å². The molecule has 0 aromatic heterocycles. The highest BCUT2D eigenvalue weighted by atomic mass is 14.2. The van der Waals surface area contributed by atoms with Crippen molar-refractivity contribution in [3.63, 3.8) is 0 Å². The van der Waals surface area contributed by atoms with Crippen LogP contribution in [0, 0.1) is 18.8 Å². The minimum atomic E-state index is 0.684. The Hall–Kier alpha value is 0. The molecule has 0 heterocycles. The van der Waals surface area contributed by atoms with E-state index in [2.05, 4.69) is 27.7 Å². The van der Waals surface area contributed by atoms with Gasteiger partial charge in [0.05, 0.1) is 0 Å². The van der Waals surface area contributed by atoms with E-state index < -0.39 is 0 Å². The summed E-state index contributed by atoms with van der Waals surface area (Å²) in [7, 11) is 0. The van der Waals surface area contributed by atoms with E-state index in [0.717, 1.165) is 5.92 Å². The maximum Gasteiger partial charge on any atom is -0.0388 e. The summed E-state index contributed by atoms with van der Waals surface area (Å²) >= 11 is 0. The maximum absolute atomic E-state index is 4.53. The molecule has 0 rings (SSSR count). The van der Waals surface area contributed by atoms with Crippen molar-refractivity contribution in [3.8, 4) is 0 Å². The van der Waals surface area contributed by atoms with Crippen LogP contribution in [0.1, 0.15) is 233 Å². The van der Waals surface area contributed by atoms with Crippen LogP contribution in [0.25, 0.3) is 0 Å². The molecule has 1 radical (unpaired) electrons. The Bertz CT molecular complexity index is 412. The predicted molar refractivity (Wildman–Crippen MR) is 182 cm³/mol. The highest BCUT2D eigenvalue weighted by molar-refractivity contribution is 4.69. The Kier molecular flexibility index (Phi) is 34.2. The lowest BCUT2D eigenvalue weighted by Crippen LogP contribution is -2.08. The minimum absolute atomic E-state index is 0.684. The molecule has 0 saturated heterocycles. The highest BCUT2D eigenvalue weighted by Gasteiger charge is 2.11. The summed E-state index contributed by atoms with van der Waals surface area (Å²) in [4.78, 5) is 0. The standard InChI is InChI=1S/C39H79/c1-5-7-9-11-13-15-17-19-21-23-25-27-29-31-33-35-37-39(4)38(3)36-34-32-30-28-26-24-22-20-18-16-14-12-10-8-6-2/h38-39H,4-37H2,1-3H3. The second kappa shape index (κ2) is 34.2. The SMILES string of the molecule is [CH2]C(CCCCCCCCCCCCCCCCCC)C(C)CCCCCCCCCCCCCCCCC. The zero-order valence-corrected chi connectivity index (χ0v) is 28.2. The van der Waals surface area contributed by atoms with E-state index >= 15 is 0 Å². The second-order valence-electron chi connectivity index (χ2n) is 13.6. The molecule has 0 fully saturated rings. The van der Waals surface area contributed by atoms with E-state index in [0.29, 0.717) is 5.92 Å². The Labute approximate surface area is 251 Å². The Morgan fingerprint density at radius 2 is 0.513 bits per heavy atom. The molecule has 0 aliphatic heterocycles. The van der Waals surface area contributed by atoms with Gasteiger partial charge in [-0.1, -0.05) is 233 Å². The Balaban J connectivity index is 3.26. The molecule has 0 bridgehead atoms. The average molecular weight is 548 g/mol. The summed E-state index contributed by atoms with van der Waals surface area (Å²) in [6.07, 6.45) is 48.0. The fraction of sp³-hybridized carbons (Fsp3) is 0.974. The van der Waals surface area contributed by atoms with Crippen LogP contribution >= 0.6 is 0 Å². The molecule has 0 aromatic rings. The van der Waals surface area contributed by atoms with E-state index in [4.69, 9.17) is 0 Å². The molecule has 0 heteroatoms. The monoisotopic (exact) mass is 548 g/mol. The van der Waals surface area contributed by atoms with Crippen LogP contribution in [0.4, 0.5) is 0 Å². The molecule has 0 aliphatic rings. The van der Waals surface area contributed by atoms with Gasteiger partial charge in [-0.3, -0.25) is 0 Å². The van der Waals surface area contributed by atoms with Crippen molar-refractivity contribution in [2.24, 2.45) is 11.8 Å². The van der Waals surface area contributed by atoms with Crippen molar-refractivity contribution < 1.29 is 0 Å². The quantitative estimate of drug-likeness (QED) is 0.0702. The van der Waals surface area contributed by atoms with E-state index in [1.807, 2.05) is 0 Å². The molecule has 39 heavy (non-hydrogen) atoms. The van der Waals surface area contributed by atoms with Gasteiger partial charge in [-0.15, -0.1) is 0 Å². The molecule has 0 aromatic carbocycles. The van der Waals surface area contributed by atoms with Crippen LogP contribution in [0.2, 0.25) is 0 Å². The highest BCUT2D eigenvalue weighted by Crippen LogP contribution is 2.24. The topological polar surface area (TPSA) is 0 Å². The minimum Gasteiger partial charge on any atom is -0.0654 e. The van der Waals surface area contributed by atoms with Gasteiger partial charge in [-0.05, 0) is 18.8 Å². The predicted octanol–water partition coefficient (Wildman–Crippen LogP) is 15.0. The third-order valence-electron chi connectivity index (χ3n) is 9.50. The maximum atomic E-state index is 4.53. The van der Waals surface area contributed by atoms with E-state index in [1.165, 1.54) is 212 Å². The first-order valence-electron chi connectivity index (χ1n) is 19.0. The van der Waals surface area contributed by atoms with Crippen LogP contribution in [-0.4, -0.2) is 0 Å². The lowest BCUT2D eigenvalue weighted by atomic mass is 9.86. The molecule has 2 unspecified atom stereocenters. The van der Waals surface area contributed by atoms with Gasteiger partial charge in [0.15, 0.2) is 0 Å². The Morgan fingerprint density at radius 3 is 0.769 bits per heavy atom. The van der Waals surface area contributed by atoms with Gasteiger partial charge in [0.1, 0.15) is 0 Å². The van der Waals surface area contributed by atoms with Crippen molar-refractivity contribution >= 4 is 0 Å². The van der Waals surface area contributed by atoms with Crippen molar-refractivity contribution in [1.82, 2.24) is 0 Å². The van der Waals surface area contributed by atoms with Gasteiger partial charge in [-0.25, -0.2) is 0 Å². The van der Waals surface area contributed by atoms with E-state index in [-0.39, 0.29) is 0 Å². The van der Waals surface area contributed by atoms with E-state index in [9.17, 15) is 0 Å². The number of hydrogen-bond acceptors (Lipinski definition) is 0. The molecule has 0 spiro atoms. The van der Waals surface area contributed by atoms with Crippen LogP contribution in [0.15, 0.2) is 0 Å². The van der Waals surface area contributed by atoms with Crippen molar-refractivity contribution in [1.29, 1.82) is 0 Å². The smallest absolute Gasteiger partial charge is 0.0388 e. The first-order valence-corrected chi connectivity index (χ1v) is 19.0. The number of hydrogen-bond donors (Lipinski definition) is 0. The van der Waals surface area contributed by atoms with E-state index in [1.54, 1.807) is 0 Å². The zero-order valence-electron chi connectivity index (χ0n) is 28.2. The van der Waals surface area contributed by atoms with Crippen LogP contribution < -0.4 is 0 Å². The molecule has 0 N–H and O–H groups in total. The molecule has 0 nitrogen and oxygen atoms in total. The molecular weight excluding hydrogens is 468 g/mol. The van der Waals surface area contributed by atoms with Gasteiger partial charge in [-0.2, -0.15) is 0 Å². The first-order chi connectivity index (χ1) is 19.2. The summed E-state index contributed by atoms with van der Waals surface area (Å²) in [5, 5.41) is 0. The molecule has 0 amide bonds. The normalized spacial score (nSPS) is 13.2. The summed E-state index contributed by atoms with van der Waals surface area (Å²) in [6, 6.07) is 0. The lowest BCUT2D eigenvalue weighted by Gasteiger charge is -2.19. The fourth-order valence-corrected chi connectivity index (χ4v) is 6.31. The molecule has 2 atom stereocenters. The van der Waals surface area contributed by atoms with Crippen LogP contribution in [0.3, 0.4) is 0 Å². The van der Waals surface area contributed by atoms with Crippen molar-refractivity contribution in [2.75, 3.05) is 0 Å².